The molecular formula is C35H49F3N2O21. The molecule has 3 N–H and O–H groups in total. The summed E-state index contributed by atoms with van der Waals surface area (Å²) in [5, 5.41) is 15.5. The Morgan fingerprint density at radius 2 is 1.41 bits per heavy atom. The van der Waals surface area contributed by atoms with Crippen molar-refractivity contribution in [1.29, 1.82) is 0 Å². The number of aliphatic hydroxyl groups is 1. The van der Waals surface area contributed by atoms with Crippen LogP contribution in [0.5, 0.6) is 0 Å². The molecule has 346 valence electrons. The minimum Gasteiger partial charge on any atom is -0.465 e. The molecule has 23 nitrogen and oxygen atoms in total. The molecule has 0 spiro atoms. The molecule has 2 aliphatic heterocycles. The maximum Gasteiger partial charge on any atom is 0.471 e. The molecule has 61 heavy (non-hydrogen) atoms. The number of esters is 7. The van der Waals surface area contributed by atoms with Gasteiger partial charge < -0.3 is 67.8 Å². The highest BCUT2D eigenvalue weighted by Crippen LogP contribution is 2.38. The standard InChI is InChI=1S/C35H49F3N2O21/c1-15(41)40-25-22(55-17(3)43)12-34(33(50)51-8,61-28(25)27(57-19(5)45)24(56-18(4)44)13-53-16(2)42)54-14-23-26(48)29(58-20(6)46)30(59-21(7)47)31(60-23)52-11-9-10-39-32(49)35(36,37)38/h22-31,48H,9-14H2,1-8H3,(H,39,49)(H,40,41)/t22-,23+,24+,25+,26-,27+,28+,29-,30+,31+,34+/m0/s1. The van der Waals surface area contributed by atoms with Gasteiger partial charge in [-0.2, -0.15) is 13.2 Å². The van der Waals surface area contributed by atoms with Crippen LogP contribution in [0.15, 0.2) is 0 Å². The number of hydrogen-bond acceptors (Lipinski definition) is 21. The van der Waals surface area contributed by atoms with E-state index < -0.39 is 160 Å². The van der Waals surface area contributed by atoms with Crippen LogP contribution in [0.3, 0.4) is 0 Å². The number of alkyl halides is 3. The molecular weight excluding hydrogens is 841 g/mol. The van der Waals surface area contributed by atoms with Gasteiger partial charge in [0.2, 0.25) is 5.91 Å². The summed E-state index contributed by atoms with van der Waals surface area (Å²) >= 11 is 0. The quantitative estimate of drug-likeness (QED) is 0.0760. The van der Waals surface area contributed by atoms with E-state index in [0.717, 1.165) is 55.6 Å². The van der Waals surface area contributed by atoms with Crippen molar-refractivity contribution >= 4 is 53.6 Å². The molecule has 0 aromatic carbocycles. The SMILES string of the molecule is COC(=O)[C@@]1(OC[C@H]2O[C@@H](OCCCNC(=O)C(F)(F)F)[C@H](OC(C)=O)[C@@H](OC(C)=O)[C@H]2O)C[C@H](OC(C)=O)[C@@H](NC(C)=O)[C@H]([C@H](OC(C)=O)[C@@H](COC(C)=O)OC(C)=O)O1. The van der Waals surface area contributed by atoms with Crippen LogP contribution in [0.25, 0.3) is 0 Å². The highest BCUT2D eigenvalue weighted by Gasteiger charge is 2.60. The number of rotatable bonds is 19. The van der Waals surface area contributed by atoms with Crippen LogP contribution < -0.4 is 10.6 Å². The van der Waals surface area contributed by atoms with Gasteiger partial charge in [0.25, 0.3) is 5.79 Å². The Hall–Kier alpha value is -5.18. The molecule has 26 heteroatoms. The van der Waals surface area contributed by atoms with Gasteiger partial charge >= 0.3 is 53.9 Å². The summed E-state index contributed by atoms with van der Waals surface area (Å²) in [6.45, 7) is 3.97. The van der Waals surface area contributed by atoms with Crippen LogP contribution in [-0.4, -0.2) is 165 Å². The Morgan fingerprint density at radius 1 is 0.820 bits per heavy atom. The summed E-state index contributed by atoms with van der Waals surface area (Å²) < 4.78 is 98.2. The summed E-state index contributed by atoms with van der Waals surface area (Å²) in [6, 6.07) is -1.56. The number of carbonyl (C=O) groups excluding carboxylic acids is 9. The van der Waals surface area contributed by atoms with Gasteiger partial charge in [-0.05, 0) is 6.42 Å². The number of methoxy groups -OCH3 is 1. The average molecular weight is 891 g/mol. The van der Waals surface area contributed by atoms with Gasteiger partial charge in [0.05, 0.1) is 32.8 Å². The zero-order valence-electron chi connectivity index (χ0n) is 34.3. The smallest absolute Gasteiger partial charge is 0.465 e. The van der Waals surface area contributed by atoms with Gasteiger partial charge in [-0.3, -0.25) is 38.4 Å². The molecule has 2 saturated heterocycles. The summed E-state index contributed by atoms with van der Waals surface area (Å²) in [7, 11) is 0.881. The van der Waals surface area contributed by atoms with E-state index in [1.807, 2.05) is 0 Å². The first-order valence-electron chi connectivity index (χ1n) is 18.3. The number of nitrogens with one attached hydrogen (secondary N) is 2. The second kappa shape index (κ2) is 23.2. The van der Waals surface area contributed by atoms with E-state index in [4.69, 9.17) is 52.1 Å². The monoisotopic (exact) mass is 890 g/mol. The van der Waals surface area contributed by atoms with Crippen LogP contribution in [0.4, 0.5) is 13.2 Å². The average Bonchev–Trinajstić information content (AvgIpc) is 3.13. The van der Waals surface area contributed by atoms with Gasteiger partial charge in [-0.15, -0.1) is 0 Å². The van der Waals surface area contributed by atoms with E-state index in [1.165, 1.54) is 0 Å². The predicted octanol–water partition coefficient (Wildman–Crippen LogP) is -1.44. The topological polar surface area (TPSA) is 299 Å². The Kier molecular flexibility index (Phi) is 19.7. The Labute approximate surface area is 345 Å². The molecule has 2 fully saturated rings. The largest absolute Gasteiger partial charge is 0.471 e. The number of amides is 2. The first kappa shape index (κ1) is 52.0. The summed E-state index contributed by atoms with van der Waals surface area (Å²) in [4.78, 5) is 111. The van der Waals surface area contributed by atoms with E-state index in [2.05, 4.69) is 5.32 Å². The molecule has 2 aliphatic rings. The Morgan fingerprint density at radius 3 is 1.92 bits per heavy atom. The van der Waals surface area contributed by atoms with Crippen molar-refractivity contribution in [2.45, 2.75) is 134 Å². The van der Waals surface area contributed by atoms with Crippen molar-refractivity contribution in [2.75, 3.05) is 33.5 Å². The lowest BCUT2D eigenvalue weighted by molar-refractivity contribution is -0.340. The highest BCUT2D eigenvalue weighted by molar-refractivity contribution is 5.81. The Bertz CT molecular complexity index is 1610. The molecule has 0 bridgehead atoms. The summed E-state index contributed by atoms with van der Waals surface area (Å²) in [5.41, 5.74) is 0. The molecule has 0 radical (unpaired) electrons. The van der Waals surface area contributed by atoms with Gasteiger partial charge in [0, 0.05) is 55.0 Å². The number of hydrogen-bond donors (Lipinski definition) is 3. The maximum absolute atomic E-state index is 13.8. The number of aliphatic hydroxyl groups excluding tert-OH is 1. The van der Waals surface area contributed by atoms with Gasteiger partial charge in [0.1, 0.15) is 31.0 Å². The van der Waals surface area contributed by atoms with Crippen molar-refractivity contribution in [1.82, 2.24) is 10.6 Å². The van der Waals surface area contributed by atoms with Crippen LogP contribution in [-0.2, 0) is 95.3 Å². The fourth-order valence-electron chi connectivity index (χ4n) is 6.14. The lowest BCUT2D eigenvalue weighted by atomic mass is 9.87. The highest BCUT2D eigenvalue weighted by atomic mass is 19.4. The normalized spacial score (nSPS) is 27.1. The van der Waals surface area contributed by atoms with E-state index in [9.17, 15) is 61.4 Å². The third-order valence-corrected chi connectivity index (χ3v) is 8.34. The van der Waals surface area contributed by atoms with Crippen molar-refractivity contribution in [3.63, 3.8) is 0 Å². The molecule has 2 heterocycles. The first-order valence-corrected chi connectivity index (χ1v) is 18.3. The van der Waals surface area contributed by atoms with E-state index in [1.54, 1.807) is 5.32 Å². The fraction of sp³-hybridized carbons (Fsp3) is 0.743. The van der Waals surface area contributed by atoms with Crippen molar-refractivity contribution < 1.29 is 114 Å². The predicted molar refractivity (Wildman–Crippen MR) is 186 cm³/mol. The number of halogens is 3. The van der Waals surface area contributed by atoms with Crippen LogP contribution in [0.2, 0.25) is 0 Å². The van der Waals surface area contributed by atoms with Gasteiger partial charge in [0.15, 0.2) is 30.7 Å². The zero-order valence-corrected chi connectivity index (χ0v) is 34.3. The van der Waals surface area contributed by atoms with E-state index >= 15 is 0 Å². The molecule has 0 aliphatic carbocycles. The lowest BCUT2D eigenvalue weighted by Crippen LogP contribution is -2.70. The van der Waals surface area contributed by atoms with Crippen molar-refractivity contribution in [2.24, 2.45) is 0 Å². The van der Waals surface area contributed by atoms with Crippen molar-refractivity contribution in [3.05, 3.63) is 0 Å². The third kappa shape index (κ3) is 16.0. The molecule has 2 amide bonds. The lowest BCUT2D eigenvalue weighted by Gasteiger charge is -2.49. The minimum atomic E-state index is -5.17. The zero-order chi connectivity index (χ0) is 46.4. The molecule has 0 aromatic heterocycles. The Balaban J connectivity index is 2.68. The van der Waals surface area contributed by atoms with Crippen LogP contribution in [0.1, 0.15) is 61.3 Å². The molecule has 0 aromatic rings. The maximum atomic E-state index is 13.8. The van der Waals surface area contributed by atoms with E-state index in [-0.39, 0.29) is 6.42 Å². The third-order valence-electron chi connectivity index (χ3n) is 8.34. The fourth-order valence-corrected chi connectivity index (χ4v) is 6.14. The summed E-state index contributed by atoms with van der Waals surface area (Å²) in [6.07, 6.45) is -22.5. The molecule has 2 rings (SSSR count). The minimum absolute atomic E-state index is 0.278. The molecule has 11 atom stereocenters. The van der Waals surface area contributed by atoms with E-state index in [0.29, 0.717) is 0 Å². The second-order valence-electron chi connectivity index (χ2n) is 13.4. The number of carbonyl (C=O) groups is 9. The second-order valence-corrected chi connectivity index (χ2v) is 13.4. The van der Waals surface area contributed by atoms with Crippen LogP contribution >= 0.6 is 0 Å². The summed E-state index contributed by atoms with van der Waals surface area (Å²) in [5.74, 6) is -13.1. The molecule has 0 saturated carbocycles. The van der Waals surface area contributed by atoms with Gasteiger partial charge in [-0.25, -0.2) is 4.79 Å². The first-order chi connectivity index (χ1) is 28.3. The number of ether oxygens (including phenoxy) is 11. The van der Waals surface area contributed by atoms with Crippen molar-refractivity contribution in [3.8, 4) is 0 Å². The molecule has 0 unspecified atom stereocenters. The van der Waals surface area contributed by atoms with Crippen LogP contribution in [0, 0.1) is 0 Å². The van der Waals surface area contributed by atoms with Gasteiger partial charge in [-0.1, -0.05) is 0 Å².